The number of rotatable bonds is 5. The standard InChI is InChI=1S/C13H16FN5O/c1-3-4-20-13-18-11(15)17-12(19-13)16-10-6-8(2)5-9(14)7-10/h5-7H,3-4H2,1-2H3,(H3,15,16,17,18,19). The van der Waals surface area contributed by atoms with E-state index in [1.807, 2.05) is 6.92 Å². The summed E-state index contributed by atoms with van der Waals surface area (Å²) >= 11 is 0. The van der Waals surface area contributed by atoms with Gasteiger partial charge in [0, 0.05) is 5.69 Å². The molecule has 0 amide bonds. The molecule has 6 nitrogen and oxygen atoms in total. The number of nitrogen functional groups attached to an aromatic ring is 1. The van der Waals surface area contributed by atoms with Gasteiger partial charge in [-0.25, -0.2) is 4.39 Å². The molecule has 0 radical (unpaired) electrons. The Morgan fingerprint density at radius 2 is 2.05 bits per heavy atom. The smallest absolute Gasteiger partial charge is 0.323 e. The van der Waals surface area contributed by atoms with E-state index in [4.69, 9.17) is 10.5 Å². The van der Waals surface area contributed by atoms with Crippen LogP contribution in [0.5, 0.6) is 6.01 Å². The van der Waals surface area contributed by atoms with Gasteiger partial charge in [0.15, 0.2) is 0 Å². The molecule has 0 aliphatic heterocycles. The van der Waals surface area contributed by atoms with Crippen LogP contribution in [-0.2, 0) is 0 Å². The third-order valence-electron chi connectivity index (χ3n) is 2.37. The molecule has 106 valence electrons. The van der Waals surface area contributed by atoms with Gasteiger partial charge in [-0.3, -0.25) is 0 Å². The van der Waals surface area contributed by atoms with E-state index in [2.05, 4.69) is 20.3 Å². The summed E-state index contributed by atoms with van der Waals surface area (Å²) < 4.78 is 18.6. The maximum Gasteiger partial charge on any atom is 0.323 e. The number of nitrogens with two attached hydrogens (primary N) is 1. The van der Waals surface area contributed by atoms with Gasteiger partial charge in [-0.15, -0.1) is 0 Å². The van der Waals surface area contributed by atoms with Crippen LogP contribution in [-0.4, -0.2) is 21.6 Å². The van der Waals surface area contributed by atoms with E-state index in [-0.39, 0.29) is 23.7 Å². The van der Waals surface area contributed by atoms with Crippen LogP contribution in [0.3, 0.4) is 0 Å². The van der Waals surface area contributed by atoms with E-state index >= 15 is 0 Å². The number of aryl methyl sites for hydroxylation is 1. The molecule has 0 aliphatic carbocycles. The molecule has 0 aliphatic rings. The number of ether oxygens (including phenoxy) is 1. The van der Waals surface area contributed by atoms with Crippen LogP contribution in [0.2, 0.25) is 0 Å². The molecule has 0 spiro atoms. The summed E-state index contributed by atoms with van der Waals surface area (Å²) in [6, 6.07) is 4.70. The molecule has 3 N–H and O–H groups in total. The van der Waals surface area contributed by atoms with E-state index in [1.54, 1.807) is 13.0 Å². The zero-order valence-corrected chi connectivity index (χ0v) is 11.4. The first kappa shape index (κ1) is 14.0. The normalized spacial score (nSPS) is 10.3. The first-order valence-electron chi connectivity index (χ1n) is 6.25. The summed E-state index contributed by atoms with van der Waals surface area (Å²) in [5.74, 6) is -0.0766. The van der Waals surface area contributed by atoms with Crippen molar-refractivity contribution in [1.29, 1.82) is 0 Å². The van der Waals surface area contributed by atoms with Crippen molar-refractivity contribution in [3.63, 3.8) is 0 Å². The van der Waals surface area contributed by atoms with Gasteiger partial charge in [0.2, 0.25) is 11.9 Å². The highest BCUT2D eigenvalue weighted by atomic mass is 19.1. The lowest BCUT2D eigenvalue weighted by Gasteiger charge is -2.08. The Balaban J connectivity index is 2.21. The highest BCUT2D eigenvalue weighted by molar-refractivity contribution is 5.55. The van der Waals surface area contributed by atoms with Gasteiger partial charge >= 0.3 is 6.01 Å². The SMILES string of the molecule is CCCOc1nc(N)nc(Nc2cc(C)cc(F)c2)n1. The van der Waals surface area contributed by atoms with Gasteiger partial charge in [0.25, 0.3) is 0 Å². The molecule has 2 rings (SSSR count). The van der Waals surface area contributed by atoms with E-state index in [9.17, 15) is 4.39 Å². The molecule has 0 saturated carbocycles. The van der Waals surface area contributed by atoms with Gasteiger partial charge in [0.1, 0.15) is 5.82 Å². The number of nitrogens with one attached hydrogen (secondary N) is 1. The molecule has 1 aromatic carbocycles. The monoisotopic (exact) mass is 277 g/mol. The van der Waals surface area contributed by atoms with Crippen LogP contribution in [0.15, 0.2) is 18.2 Å². The second kappa shape index (κ2) is 6.14. The van der Waals surface area contributed by atoms with Crippen molar-refractivity contribution >= 4 is 17.6 Å². The number of hydrogen-bond acceptors (Lipinski definition) is 6. The highest BCUT2D eigenvalue weighted by Crippen LogP contribution is 2.18. The highest BCUT2D eigenvalue weighted by Gasteiger charge is 2.06. The minimum absolute atomic E-state index is 0.0433. The summed E-state index contributed by atoms with van der Waals surface area (Å²) in [6.07, 6.45) is 0.831. The predicted octanol–water partition coefficient (Wildman–Crippen LogP) is 2.43. The molecule has 0 unspecified atom stereocenters. The third-order valence-corrected chi connectivity index (χ3v) is 2.37. The average Bonchev–Trinajstić information content (AvgIpc) is 2.34. The molecule has 1 heterocycles. The second-order valence-electron chi connectivity index (χ2n) is 4.29. The van der Waals surface area contributed by atoms with Crippen LogP contribution >= 0.6 is 0 Å². The maximum absolute atomic E-state index is 13.3. The minimum atomic E-state index is -0.336. The molecule has 20 heavy (non-hydrogen) atoms. The number of nitrogens with zero attached hydrogens (tertiary/aromatic N) is 3. The Morgan fingerprint density at radius 3 is 2.75 bits per heavy atom. The number of hydrogen-bond donors (Lipinski definition) is 2. The van der Waals surface area contributed by atoms with Crippen molar-refractivity contribution in [3.05, 3.63) is 29.6 Å². The molecule has 0 bridgehead atoms. The molecule has 2 aromatic rings. The van der Waals surface area contributed by atoms with Gasteiger partial charge in [-0.1, -0.05) is 6.92 Å². The zero-order chi connectivity index (χ0) is 14.5. The second-order valence-corrected chi connectivity index (χ2v) is 4.29. The van der Waals surface area contributed by atoms with Crippen LogP contribution in [0.1, 0.15) is 18.9 Å². The summed E-state index contributed by atoms with van der Waals surface area (Å²) in [7, 11) is 0. The molecule has 0 saturated heterocycles. The average molecular weight is 277 g/mol. The Labute approximate surface area is 116 Å². The Hall–Kier alpha value is -2.44. The van der Waals surface area contributed by atoms with Gasteiger partial charge in [-0.2, -0.15) is 15.0 Å². The van der Waals surface area contributed by atoms with Crippen LogP contribution in [0, 0.1) is 12.7 Å². The van der Waals surface area contributed by atoms with Gasteiger partial charge < -0.3 is 15.8 Å². The lowest BCUT2D eigenvalue weighted by molar-refractivity contribution is 0.292. The topological polar surface area (TPSA) is 86.0 Å². The van der Waals surface area contributed by atoms with Crippen molar-refractivity contribution in [2.45, 2.75) is 20.3 Å². The van der Waals surface area contributed by atoms with E-state index in [0.717, 1.165) is 12.0 Å². The summed E-state index contributed by atoms with van der Waals surface area (Å²) in [5, 5.41) is 2.88. The van der Waals surface area contributed by atoms with Gasteiger partial charge in [0.05, 0.1) is 6.61 Å². The lowest BCUT2D eigenvalue weighted by Crippen LogP contribution is -2.07. The van der Waals surface area contributed by atoms with Crippen LogP contribution in [0.25, 0.3) is 0 Å². The first-order chi connectivity index (χ1) is 9.56. The Morgan fingerprint density at radius 1 is 1.25 bits per heavy atom. The van der Waals surface area contributed by atoms with E-state index in [1.165, 1.54) is 12.1 Å². The van der Waals surface area contributed by atoms with Crippen molar-refractivity contribution in [3.8, 4) is 6.01 Å². The van der Waals surface area contributed by atoms with Crippen molar-refractivity contribution in [1.82, 2.24) is 15.0 Å². The molecule has 7 heteroatoms. The molecular weight excluding hydrogens is 261 g/mol. The summed E-state index contributed by atoms with van der Waals surface area (Å²) in [4.78, 5) is 11.9. The number of anilines is 3. The fourth-order valence-electron chi connectivity index (χ4n) is 1.62. The van der Waals surface area contributed by atoms with Crippen molar-refractivity contribution < 1.29 is 9.13 Å². The fraction of sp³-hybridized carbons (Fsp3) is 0.308. The first-order valence-corrected chi connectivity index (χ1v) is 6.25. The van der Waals surface area contributed by atoms with Crippen molar-refractivity contribution in [2.24, 2.45) is 0 Å². The fourth-order valence-corrected chi connectivity index (χ4v) is 1.62. The largest absolute Gasteiger partial charge is 0.463 e. The molecule has 1 aromatic heterocycles. The number of benzene rings is 1. The van der Waals surface area contributed by atoms with Crippen molar-refractivity contribution in [2.75, 3.05) is 17.7 Å². The molecular formula is C13H16FN5O. The number of halogens is 1. The summed E-state index contributed by atoms with van der Waals surface area (Å²) in [5.41, 5.74) is 6.91. The van der Waals surface area contributed by atoms with E-state index < -0.39 is 0 Å². The zero-order valence-electron chi connectivity index (χ0n) is 11.4. The molecule has 0 fully saturated rings. The lowest BCUT2D eigenvalue weighted by atomic mass is 10.2. The number of aromatic nitrogens is 3. The quantitative estimate of drug-likeness (QED) is 0.873. The Bertz CT molecular complexity index is 585. The van der Waals surface area contributed by atoms with Gasteiger partial charge in [-0.05, 0) is 37.1 Å². The maximum atomic E-state index is 13.3. The summed E-state index contributed by atoms with van der Waals surface area (Å²) in [6.45, 7) is 4.26. The third kappa shape index (κ3) is 3.78. The molecule has 0 atom stereocenters. The van der Waals surface area contributed by atoms with Crippen LogP contribution in [0.4, 0.5) is 22.0 Å². The Kier molecular flexibility index (Phi) is 4.29. The van der Waals surface area contributed by atoms with E-state index in [0.29, 0.717) is 12.3 Å². The minimum Gasteiger partial charge on any atom is -0.463 e. The predicted molar refractivity (Wildman–Crippen MR) is 74.4 cm³/mol. The van der Waals surface area contributed by atoms with Crippen LogP contribution < -0.4 is 15.8 Å².